The van der Waals surface area contributed by atoms with Gasteiger partial charge in [0, 0.05) is 6.04 Å². The van der Waals surface area contributed by atoms with Crippen molar-refractivity contribution in [2.24, 2.45) is 0 Å². The fraction of sp³-hybridized carbons (Fsp3) is 0.556. The highest BCUT2D eigenvalue weighted by Crippen LogP contribution is 2.36. The SMILES string of the molecule is CC(Oc1ccccc1C(F)(F)F)C(=O)OC1CCC(NC(=O)C(F)(F)F)CC1. The van der Waals surface area contributed by atoms with Crippen LogP contribution < -0.4 is 10.1 Å². The third kappa shape index (κ3) is 6.53. The average molecular weight is 427 g/mol. The average Bonchev–Trinajstić information content (AvgIpc) is 2.62. The number of esters is 1. The molecule has 1 fully saturated rings. The summed E-state index contributed by atoms with van der Waals surface area (Å²) in [4.78, 5) is 23.1. The second-order valence-corrected chi connectivity index (χ2v) is 6.64. The van der Waals surface area contributed by atoms with Crippen molar-refractivity contribution >= 4 is 11.9 Å². The zero-order chi connectivity index (χ0) is 21.8. The quantitative estimate of drug-likeness (QED) is 0.570. The minimum atomic E-state index is -4.97. The van der Waals surface area contributed by atoms with Gasteiger partial charge in [-0.15, -0.1) is 0 Å². The van der Waals surface area contributed by atoms with Gasteiger partial charge in [-0.05, 0) is 44.7 Å². The zero-order valence-electron chi connectivity index (χ0n) is 15.3. The van der Waals surface area contributed by atoms with E-state index in [4.69, 9.17) is 9.47 Å². The van der Waals surface area contributed by atoms with Gasteiger partial charge in [0.1, 0.15) is 11.9 Å². The summed E-state index contributed by atoms with van der Waals surface area (Å²) in [5.74, 6) is -3.42. The lowest BCUT2D eigenvalue weighted by Gasteiger charge is -2.29. The molecular weight excluding hydrogens is 408 g/mol. The Labute approximate surface area is 162 Å². The van der Waals surface area contributed by atoms with Crippen LogP contribution in [0.1, 0.15) is 38.2 Å². The molecule has 29 heavy (non-hydrogen) atoms. The Morgan fingerprint density at radius 2 is 1.62 bits per heavy atom. The first-order chi connectivity index (χ1) is 13.4. The molecule has 2 rings (SSSR count). The monoisotopic (exact) mass is 427 g/mol. The van der Waals surface area contributed by atoms with E-state index in [1.807, 2.05) is 5.32 Å². The Kier molecular flexibility index (Phi) is 7.02. The summed E-state index contributed by atoms with van der Waals surface area (Å²) in [6.07, 6.45) is -10.8. The Hall–Kier alpha value is -2.46. The number of carbonyl (C=O) groups is 2. The van der Waals surface area contributed by atoms with Gasteiger partial charge >= 0.3 is 24.2 Å². The number of carbonyl (C=O) groups excluding carboxylic acids is 2. The minimum absolute atomic E-state index is 0.173. The lowest BCUT2D eigenvalue weighted by atomic mass is 9.93. The molecule has 0 spiro atoms. The lowest BCUT2D eigenvalue weighted by molar-refractivity contribution is -0.175. The number of rotatable bonds is 5. The number of ether oxygens (including phenoxy) is 2. The van der Waals surface area contributed by atoms with Crippen molar-refractivity contribution in [3.8, 4) is 5.75 Å². The number of nitrogens with one attached hydrogen (secondary N) is 1. The van der Waals surface area contributed by atoms with Crippen LogP contribution in [-0.4, -0.2) is 36.3 Å². The molecule has 0 radical (unpaired) electrons. The van der Waals surface area contributed by atoms with Crippen molar-refractivity contribution in [3.05, 3.63) is 29.8 Å². The highest BCUT2D eigenvalue weighted by molar-refractivity contribution is 5.81. The molecule has 0 aromatic heterocycles. The van der Waals surface area contributed by atoms with Gasteiger partial charge in [-0.2, -0.15) is 26.3 Å². The normalized spacial score (nSPS) is 21.2. The maximum atomic E-state index is 13.0. The summed E-state index contributed by atoms with van der Waals surface area (Å²) in [6.45, 7) is 1.24. The molecule has 0 heterocycles. The van der Waals surface area contributed by atoms with Crippen LogP contribution in [0, 0.1) is 0 Å². The molecule has 1 amide bonds. The van der Waals surface area contributed by atoms with Crippen molar-refractivity contribution in [2.75, 3.05) is 0 Å². The Bertz CT molecular complexity index is 726. The molecule has 1 unspecified atom stereocenters. The molecule has 1 aliphatic rings. The molecule has 5 nitrogen and oxygen atoms in total. The number of hydrogen-bond donors (Lipinski definition) is 1. The summed E-state index contributed by atoms with van der Waals surface area (Å²) in [5.41, 5.74) is -1.03. The van der Waals surface area contributed by atoms with Gasteiger partial charge in [0.05, 0.1) is 5.56 Å². The molecule has 0 saturated heterocycles. The van der Waals surface area contributed by atoms with Crippen molar-refractivity contribution in [1.29, 1.82) is 0 Å². The van der Waals surface area contributed by atoms with Gasteiger partial charge in [0.15, 0.2) is 6.10 Å². The summed E-state index contributed by atoms with van der Waals surface area (Å²) in [5, 5.41) is 1.87. The molecule has 0 aliphatic heterocycles. The van der Waals surface area contributed by atoms with Gasteiger partial charge in [-0.1, -0.05) is 12.1 Å². The van der Waals surface area contributed by atoms with Crippen molar-refractivity contribution < 1.29 is 45.4 Å². The van der Waals surface area contributed by atoms with E-state index in [0.29, 0.717) is 0 Å². The summed E-state index contributed by atoms with van der Waals surface area (Å²) in [6, 6.07) is 3.74. The first kappa shape index (κ1) is 22.8. The molecule has 1 aromatic carbocycles. The van der Waals surface area contributed by atoms with Gasteiger partial charge in [-0.3, -0.25) is 4.79 Å². The number of halogens is 6. The third-order valence-corrected chi connectivity index (χ3v) is 4.38. The molecule has 1 saturated carbocycles. The van der Waals surface area contributed by atoms with Crippen LogP contribution in [-0.2, 0) is 20.5 Å². The van der Waals surface area contributed by atoms with Crippen molar-refractivity contribution in [3.63, 3.8) is 0 Å². The first-order valence-electron chi connectivity index (χ1n) is 8.79. The second kappa shape index (κ2) is 8.91. The number of alkyl halides is 6. The van der Waals surface area contributed by atoms with Crippen LogP contribution in [0.2, 0.25) is 0 Å². The zero-order valence-corrected chi connectivity index (χ0v) is 15.3. The molecule has 1 aromatic rings. The van der Waals surface area contributed by atoms with Crippen LogP contribution in [0.5, 0.6) is 5.75 Å². The standard InChI is InChI=1S/C18H19F6NO4/c1-10(28-14-5-3-2-4-13(14)17(19,20)21)15(26)29-12-8-6-11(7-9-12)25-16(27)18(22,23)24/h2-5,10-12H,6-9H2,1H3,(H,25,27). The molecular formula is C18H19F6NO4. The predicted octanol–water partition coefficient (Wildman–Crippen LogP) is 4.01. The molecule has 11 heteroatoms. The van der Waals surface area contributed by atoms with E-state index in [1.54, 1.807) is 0 Å². The van der Waals surface area contributed by atoms with Gasteiger partial charge in [-0.25, -0.2) is 4.79 Å². The maximum Gasteiger partial charge on any atom is 0.471 e. The van der Waals surface area contributed by atoms with Crippen LogP contribution in [0.15, 0.2) is 24.3 Å². The lowest BCUT2D eigenvalue weighted by Crippen LogP contribution is -2.45. The van der Waals surface area contributed by atoms with E-state index in [9.17, 15) is 35.9 Å². The number of para-hydroxylation sites is 1. The summed E-state index contributed by atoms with van der Waals surface area (Å²) >= 11 is 0. The number of amides is 1. The van der Waals surface area contributed by atoms with Gasteiger partial charge in [0.2, 0.25) is 0 Å². The van der Waals surface area contributed by atoms with Crippen LogP contribution in [0.3, 0.4) is 0 Å². The van der Waals surface area contributed by atoms with E-state index >= 15 is 0 Å². The van der Waals surface area contributed by atoms with Gasteiger partial charge < -0.3 is 14.8 Å². The number of benzene rings is 1. The van der Waals surface area contributed by atoms with E-state index < -0.39 is 53.8 Å². The Balaban J connectivity index is 1.85. The largest absolute Gasteiger partial charge is 0.478 e. The fourth-order valence-electron chi connectivity index (χ4n) is 2.89. The van der Waals surface area contributed by atoms with E-state index in [-0.39, 0.29) is 25.7 Å². The fourth-order valence-corrected chi connectivity index (χ4v) is 2.89. The van der Waals surface area contributed by atoms with E-state index in [1.165, 1.54) is 19.1 Å². The topological polar surface area (TPSA) is 64.6 Å². The third-order valence-electron chi connectivity index (χ3n) is 4.38. The highest BCUT2D eigenvalue weighted by Gasteiger charge is 2.40. The van der Waals surface area contributed by atoms with Crippen LogP contribution in [0.25, 0.3) is 0 Å². The summed E-state index contributed by atoms with van der Waals surface area (Å²) < 4.78 is 86.0. The van der Waals surface area contributed by atoms with Crippen molar-refractivity contribution in [2.45, 2.75) is 63.2 Å². The molecule has 1 atom stereocenters. The van der Waals surface area contributed by atoms with Crippen LogP contribution >= 0.6 is 0 Å². The van der Waals surface area contributed by atoms with Gasteiger partial charge in [0.25, 0.3) is 0 Å². The molecule has 162 valence electrons. The number of hydrogen-bond acceptors (Lipinski definition) is 4. The highest BCUT2D eigenvalue weighted by atomic mass is 19.4. The first-order valence-corrected chi connectivity index (χ1v) is 8.79. The van der Waals surface area contributed by atoms with E-state index in [2.05, 4.69) is 0 Å². The molecule has 0 bridgehead atoms. The van der Waals surface area contributed by atoms with E-state index in [0.717, 1.165) is 12.1 Å². The molecule has 1 aliphatic carbocycles. The molecule has 1 N–H and O–H groups in total. The Morgan fingerprint density at radius 3 is 2.17 bits per heavy atom. The van der Waals surface area contributed by atoms with Crippen molar-refractivity contribution in [1.82, 2.24) is 5.32 Å². The maximum absolute atomic E-state index is 13.0. The predicted molar refractivity (Wildman–Crippen MR) is 87.9 cm³/mol. The Morgan fingerprint density at radius 1 is 1.03 bits per heavy atom. The second-order valence-electron chi connectivity index (χ2n) is 6.64. The van der Waals surface area contributed by atoms with Crippen LogP contribution in [0.4, 0.5) is 26.3 Å². The minimum Gasteiger partial charge on any atom is -0.478 e. The smallest absolute Gasteiger partial charge is 0.471 e. The summed E-state index contributed by atoms with van der Waals surface area (Å²) in [7, 11) is 0.